The summed E-state index contributed by atoms with van der Waals surface area (Å²) in [6.07, 6.45) is 16.6. The van der Waals surface area contributed by atoms with Gasteiger partial charge in [-0.3, -0.25) is 0 Å². The summed E-state index contributed by atoms with van der Waals surface area (Å²) in [5.74, 6) is 0.674. The summed E-state index contributed by atoms with van der Waals surface area (Å²) in [6, 6.07) is 6.86. The van der Waals surface area contributed by atoms with Gasteiger partial charge >= 0.3 is 0 Å². The van der Waals surface area contributed by atoms with Crippen molar-refractivity contribution in [3.8, 4) is 0 Å². The van der Waals surface area contributed by atoms with Crippen LogP contribution in [0.25, 0.3) is 0 Å². The van der Waals surface area contributed by atoms with Crippen LogP contribution in [0, 0.1) is 17.7 Å². The molecule has 3 heteroatoms. The first-order valence-corrected chi connectivity index (χ1v) is 11.9. The first-order chi connectivity index (χ1) is 15.0. The molecular weight excluding hydrogens is 388 g/mol. The van der Waals surface area contributed by atoms with Gasteiger partial charge in [0, 0.05) is 25.2 Å². The van der Waals surface area contributed by atoms with Crippen LogP contribution in [0.15, 0.2) is 71.2 Å². The summed E-state index contributed by atoms with van der Waals surface area (Å²) in [7, 11) is 2.15. The maximum absolute atomic E-state index is 14.8. The quantitative estimate of drug-likeness (QED) is 0.382. The standard InChI is InChI=1S/C28H37F2N/c1-4-8-23(22-12-13-22)20-24(27(30)5-2)14-17-28-25(9-6-7-18-31(28)3)19-21-10-15-26(29)16-11-21/h5,8,10-11,15-17,20,22,25H,4,6-7,9,12-14,18-19H2,1-3H3/b23-8-,24-20-,27-5+,28-17-. The molecule has 0 N–H and O–H groups in total. The molecule has 1 atom stereocenters. The Hall–Kier alpha value is -2.16. The van der Waals surface area contributed by atoms with Crippen LogP contribution in [0.3, 0.4) is 0 Å². The van der Waals surface area contributed by atoms with E-state index < -0.39 is 0 Å². The molecule has 31 heavy (non-hydrogen) atoms. The monoisotopic (exact) mass is 425 g/mol. The van der Waals surface area contributed by atoms with E-state index in [-0.39, 0.29) is 11.6 Å². The van der Waals surface area contributed by atoms with Crippen molar-refractivity contribution in [2.75, 3.05) is 13.6 Å². The number of allylic oxidation sites excluding steroid dienone is 8. The van der Waals surface area contributed by atoms with Crippen LogP contribution >= 0.6 is 0 Å². The van der Waals surface area contributed by atoms with Gasteiger partial charge in [0.15, 0.2) is 0 Å². The van der Waals surface area contributed by atoms with Gasteiger partial charge in [0.1, 0.15) is 11.6 Å². The second-order valence-electron chi connectivity index (χ2n) is 8.97. The van der Waals surface area contributed by atoms with Crippen molar-refractivity contribution in [2.45, 2.75) is 65.2 Å². The number of hydrogen-bond acceptors (Lipinski definition) is 1. The minimum absolute atomic E-state index is 0.120. The Bertz CT molecular complexity index is 840. The maximum atomic E-state index is 14.8. The van der Waals surface area contributed by atoms with Crippen molar-refractivity contribution in [1.82, 2.24) is 4.90 Å². The minimum Gasteiger partial charge on any atom is -0.378 e. The van der Waals surface area contributed by atoms with Gasteiger partial charge < -0.3 is 4.90 Å². The van der Waals surface area contributed by atoms with Crippen LogP contribution in [-0.2, 0) is 6.42 Å². The van der Waals surface area contributed by atoms with E-state index in [0.717, 1.165) is 36.9 Å². The molecule has 0 radical (unpaired) electrons. The third-order valence-corrected chi connectivity index (χ3v) is 6.47. The molecule has 1 heterocycles. The second kappa shape index (κ2) is 11.5. The maximum Gasteiger partial charge on any atom is 0.123 e. The van der Waals surface area contributed by atoms with Gasteiger partial charge in [-0.2, -0.15) is 0 Å². The fraction of sp³-hybridized carbons (Fsp3) is 0.500. The molecule has 1 aromatic rings. The lowest BCUT2D eigenvalue weighted by Gasteiger charge is -2.27. The molecule has 2 fully saturated rings. The lowest BCUT2D eigenvalue weighted by molar-refractivity contribution is 0.379. The van der Waals surface area contributed by atoms with E-state index in [0.29, 0.717) is 18.3 Å². The van der Waals surface area contributed by atoms with Crippen LogP contribution in [0.4, 0.5) is 8.78 Å². The number of benzene rings is 1. The van der Waals surface area contributed by atoms with Gasteiger partial charge in [0.05, 0.1) is 0 Å². The second-order valence-corrected chi connectivity index (χ2v) is 8.97. The molecule has 0 aromatic heterocycles. The van der Waals surface area contributed by atoms with Crippen LogP contribution in [0.1, 0.15) is 64.4 Å². The molecule has 1 unspecified atom stereocenters. The van der Waals surface area contributed by atoms with Crippen molar-refractivity contribution in [1.29, 1.82) is 0 Å². The van der Waals surface area contributed by atoms with Crippen molar-refractivity contribution >= 4 is 0 Å². The van der Waals surface area contributed by atoms with E-state index >= 15 is 0 Å². The van der Waals surface area contributed by atoms with Gasteiger partial charge in [-0.05, 0) is 86.6 Å². The zero-order valence-corrected chi connectivity index (χ0v) is 19.3. The van der Waals surface area contributed by atoms with Gasteiger partial charge in [0.25, 0.3) is 0 Å². The molecule has 0 spiro atoms. The van der Waals surface area contributed by atoms with Crippen LogP contribution < -0.4 is 0 Å². The highest BCUT2D eigenvalue weighted by atomic mass is 19.1. The zero-order chi connectivity index (χ0) is 22.2. The van der Waals surface area contributed by atoms with Gasteiger partial charge in [-0.1, -0.05) is 49.8 Å². The SMILES string of the molecule is C\C=C(F)/C(=C\C(=C\CC)C1CC1)C/C=C1/C(Cc2ccc(F)cc2)CCCCN1C. The molecule has 1 aliphatic heterocycles. The number of hydrogen-bond donors (Lipinski definition) is 0. The number of halogens is 2. The number of rotatable bonds is 8. The molecule has 2 aliphatic rings. The molecule has 1 aromatic carbocycles. The average molecular weight is 426 g/mol. The van der Waals surface area contributed by atoms with E-state index in [2.05, 4.69) is 37.1 Å². The van der Waals surface area contributed by atoms with Crippen LogP contribution in [0.5, 0.6) is 0 Å². The zero-order valence-electron chi connectivity index (χ0n) is 19.3. The topological polar surface area (TPSA) is 3.24 Å². The predicted octanol–water partition coefficient (Wildman–Crippen LogP) is 7.92. The fourth-order valence-electron chi connectivity index (χ4n) is 4.58. The Morgan fingerprint density at radius 2 is 1.87 bits per heavy atom. The normalized spacial score (nSPS) is 22.7. The third kappa shape index (κ3) is 6.92. The summed E-state index contributed by atoms with van der Waals surface area (Å²) in [4.78, 5) is 2.34. The lowest BCUT2D eigenvalue weighted by atomic mass is 9.90. The van der Waals surface area contributed by atoms with Crippen molar-refractivity contribution in [3.05, 3.63) is 82.6 Å². The molecule has 168 valence electrons. The van der Waals surface area contributed by atoms with E-state index in [4.69, 9.17) is 0 Å². The summed E-state index contributed by atoms with van der Waals surface area (Å²) in [5.41, 5.74) is 4.53. The number of likely N-dealkylation sites (tertiary alicyclic amines) is 1. The predicted molar refractivity (Wildman–Crippen MR) is 127 cm³/mol. The highest BCUT2D eigenvalue weighted by molar-refractivity contribution is 5.38. The summed E-state index contributed by atoms with van der Waals surface area (Å²) in [6.45, 7) is 4.94. The van der Waals surface area contributed by atoms with E-state index in [1.54, 1.807) is 25.1 Å². The summed E-state index contributed by atoms with van der Waals surface area (Å²) in [5, 5.41) is 0. The van der Waals surface area contributed by atoms with Gasteiger partial charge in [-0.25, -0.2) is 8.78 Å². The highest BCUT2D eigenvalue weighted by Gasteiger charge is 2.25. The van der Waals surface area contributed by atoms with Crippen LogP contribution in [0.2, 0.25) is 0 Å². The molecule has 1 saturated carbocycles. The summed E-state index contributed by atoms with van der Waals surface area (Å²) >= 11 is 0. The molecule has 1 aliphatic carbocycles. The smallest absolute Gasteiger partial charge is 0.123 e. The Morgan fingerprint density at radius 1 is 1.13 bits per heavy atom. The van der Waals surface area contributed by atoms with Crippen molar-refractivity contribution in [3.63, 3.8) is 0 Å². The van der Waals surface area contributed by atoms with E-state index in [1.807, 2.05) is 12.1 Å². The first-order valence-electron chi connectivity index (χ1n) is 11.9. The fourth-order valence-corrected chi connectivity index (χ4v) is 4.58. The summed E-state index contributed by atoms with van der Waals surface area (Å²) < 4.78 is 28.1. The van der Waals surface area contributed by atoms with Gasteiger partial charge in [-0.15, -0.1) is 0 Å². The van der Waals surface area contributed by atoms with Crippen LogP contribution in [-0.4, -0.2) is 18.5 Å². The molecule has 1 nitrogen and oxygen atoms in total. The van der Waals surface area contributed by atoms with Crippen molar-refractivity contribution in [2.24, 2.45) is 11.8 Å². The minimum atomic E-state index is -0.194. The number of nitrogens with zero attached hydrogens (tertiary/aromatic N) is 1. The van der Waals surface area contributed by atoms with Crippen molar-refractivity contribution < 1.29 is 8.78 Å². The molecule has 3 rings (SSSR count). The molecular formula is C28H37F2N. The molecule has 0 amide bonds. The lowest BCUT2D eigenvalue weighted by Crippen LogP contribution is -2.23. The Morgan fingerprint density at radius 3 is 2.52 bits per heavy atom. The Balaban J connectivity index is 1.85. The highest BCUT2D eigenvalue weighted by Crippen LogP contribution is 2.39. The van der Waals surface area contributed by atoms with E-state index in [1.165, 1.54) is 37.0 Å². The third-order valence-electron chi connectivity index (χ3n) is 6.47. The largest absolute Gasteiger partial charge is 0.378 e. The molecule has 0 bridgehead atoms. The Labute approximate surface area is 187 Å². The first kappa shape index (κ1) is 23.5. The van der Waals surface area contributed by atoms with Gasteiger partial charge in [0.2, 0.25) is 0 Å². The van der Waals surface area contributed by atoms with E-state index in [9.17, 15) is 8.78 Å². The molecule has 1 saturated heterocycles. The Kier molecular flexibility index (Phi) is 8.69. The average Bonchev–Trinajstić information content (AvgIpc) is 3.61.